The molecule has 0 atom stereocenters. The Kier molecular flexibility index (Phi) is 7.47. The Balaban J connectivity index is 1.34. The highest BCUT2D eigenvalue weighted by atomic mass is 16.5. The number of rotatable bonds is 7. The molecular formula is C29H34N8O2. The third-order valence-electron chi connectivity index (χ3n) is 7.07. The molecule has 4 heterocycles. The number of benzene rings is 1. The standard InChI is InChI=1S/C29H34N8O2/c1-19-8-10-30-20(2)27(19)34-28(38)21-16-25(36(4)18-21)23-9-11-31-29(32-23)33-24-7-6-22(17-26(24)39-5)37-14-12-35(3)13-15-37/h6-11,16-18H,12-15H2,1-5H3,(H,34,38)(H,31,32,33). The Morgan fingerprint density at radius 3 is 2.49 bits per heavy atom. The Hall–Kier alpha value is -4.44. The van der Waals surface area contributed by atoms with Gasteiger partial charge in [0, 0.05) is 63.6 Å². The topological polar surface area (TPSA) is 100 Å². The van der Waals surface area contributed by atoms with Crippen molar-refractivity contribution < 1.29 is 9.53 Å². The van der Waals surface area contributed by atoms with Gasteiger partial charge in [0.05, 0.1) is 41.1 Å². The van der Waals surface area contributed by atoms with Crippen LogP contribution in [-0.2, 0) is 7.05 Å². The molecule has 1 amide bonds. The summed E-state index contributed by atoms with van der Waals surface area (Å²) in [6.07, 6.45) is 5.23. The molecule has 0 aliphatic carbocycles. The number of carbonyl (C=O) groups is 1. The average Bonchev–Trinajstić information content (AvgIpc) is 3.33. The van der Waals surface area contributed by atoms with Crippen LogP contribution in [0.5, 0.6) is 5.75 Å². The number of nitrogens with one attached hydrogen (secondary N) is 2. The number of anilines is 4. The van der Waals surface area contributed by atoms with Crippen molar-refractivity contribution in [3.05, 3.63) is 71.8 Å². The van der Waals surface area contributed by atoms with Crippen molar-refractivity contribution in [2.75, 3.05) is 55.9 Å². The minimum Gasteiger partial charge on any atom is -0.494 e. The maximum absolute atomic E-state index is 13.0. The Morgan fingerprint density at radius 1 is 0.974 bits per heavy atom. The Bertz CT molecular complexity index is 1470. The molecule has 2 N–H and O–H groups in total. The second kappa shape index (κ2) is 11.1. The Labute approximate surface area is 228 Å². The fraction of sp³-hybridized carbons (Fsp3) is 0.310. The lowest BCUT2D eigenvalue weighted by Crippen LogP contribution is -2.44. The van der Waals surface area contributed by atoms with E-state index >= 15 is 0 Å². The molecule has 5 rings (SSSR count). The van der Waals surface area contributed by atoms with Crippen LogP contribution in [-0.4, -0.2) is 70.7 Å². The first-order valence-electron chi connectivity index (χ1n) is 12.9. The molecule has 0 radical (unpaired) electrons. The van der Waals surface area contributed by atoms with Crippen molar-refractivity contribution in [1.29, 1.82) is 0 Å². The van der Waals surface area contributed by atoms with Crippen molar-refractivity contribution >= 4 is 28.9 Å². The molecular weight excluding hydrogens is 492 g/mol. The van der Waals surface area contributed by atoms with Gasteiger partial charge in [0.25, 0.3) is 5.91 Å². The first-order chi connectivity index (χ1) is 18.8. The molecule has 0 bridgehead atoms. The van der Waals surface area contributed by atoms with Crippen LogP contribution in [0.3, 0.4) is 0 Å². The average molecular weight is 527 g/mol. The predicted octanol–water partition coefficient (Wildman–Crippen LogP) is 4.25. The van der Waals surface area contributed by atoms with Gasteiger partial charge < -0.3 is 29.7 Å². The van der Waals surface area contributed by atoms with E-state index in [9.17, 15) is 4.79 Å². The van der Waals surface area contributed by atoms with Crippen LogP contribution < -0.4 is 20.3 Å². The number of aryl methyl sites for hydroxylation is 3. The van der Waals surface area contributed by atoms with Crippen molar-refractivity contribution in [3.8, 4) is 17.1 Å². The van der Waals surface area contributed by atoms with Gasteiger partial charge in [-0.2, -0.15) is 0 Å². The molecule has 0 spiro atoms. The minimum absolute atomic E-state index is 0.200. The van der Waals surface area contributed by atoms with Crippen LogP contribution in [0.25, 0.3) is 11.4 Å². The molecule has 1 saturated heterocycles. The van der Waals surface area contributed by atoms with Gasteiger partial charge in [0.15, 0.2) is 0 Å². The number of nitrogens with zero attached hydrogens (tertiary/aromatic N) is 6. The number of aromatic nitrogens is 4. The van der Waals surface area contributed by atoms with E-state index < -0.39 is 0 Å². The second-order valence-electron chi connectivity index (χ2n) is 9.83. The summed E-state index contributed by atoms with van der Waals surface area (Å²) in [7, 11) is 5.70. The number of carbonyl (C=O) groups excluding carboxylic acids is 1. The SMILES string of the molecule is COc1cc(N2CCN(C)CC2)ccc1Nc1nccc(-c2cc(C(=O)Nc3c(C)ccnc3C)cn2C)n1. The van der Waals surface area contributed by atoms with Gasteiger partial charge in [0.1, 0.15) is 5.75 Å². The molecule has 0 saturated carbocycles. The summed E-state index contributed by atoms with van der Waals surface area (Å²) in [5, 5.41) is 6.29. The fourth-order valence-electron chi connectivity index (χ4n) is 4.74. The first kappa shape index (κ1) is 26.2. The molecule has 10 heteroatoms. The van der Waals surface area contributed by atoms with Crippen molar-refractivity contribution in [2.45, 2.75) is 13.8 Å². The highest BCUT2D eigenvalue weighted by Gasteiger charge is 2.18. The lowest BCUT2D eigenvalue weighted by molar-refractivity contribution is 0.102. The molecule has 1 aliphatic rings. The summed E-state index contributed by atoms with van der Waals surface area (Å²) in [5.74, 6) is 0.958. The van der Waals surface area contributed by atoms with Gasteiger partial charge in [0.2, 0.25) is 5.95 Å². The van der Waals surface area contributed by atoms with Gasteiger partial charge in [-0.05, 0) is 56.8 Å². The smallest absolute Gasteiger partial charge is 0.257 e. The van der Waals surface area contributed by atoms with Crippen molar-refractivity contribution in [3.63, 3.8) is 0 Å². The third kappa shape index (κ3) is 5.70. The van der Waals surface area contributed by atoms with Crippen LogP contribution in [0.4, 0.5) is 23.0 Å². The van der Waals surface area contributed by atoms with E-state index in [2.05, 4.69) is 43.5 Å². The predicted molar refractivity (Wildman–Crippen MR) is 154 cm³/mol. The zero-order valence-electron chi connectivity index (χ0n) is 23.0. The summed E-state index contributed by atoms with van der Waals surface area (Å²) in [6, 6.07) is 11.7. The summed E-state index contributed by atoms with van der Waals surface area (Å²) in [6.45, 7) is 7.86. The van der Waals surface area contributed by atoms with Crippen LogP contribution in [0.15, 0.2) is 55.0 Å². The number of hydrogen-bond donors (Lipinski definition) is 2. The van der Waals surface area contributed by atoms with Gasteiger partial charge in [-0.1, -0.05) is 0 Å². The van der Waals surface area contributed by atoms with Crippen molar-refractivity contribution in [1.82, 2.24) is 24.4 Å². The molecule has 202 valence electrons. The number of piperazine rings is 1. The molecule has 10 nitrogen and oxygen atoms in total. The van der Waals surface area contributed by atoms with E-state index in [1.165, 1.54) is 0 Å². The number of likely N-dealkylation sites (N-methyl/N-ethyl adjacent to an activating group) is 1. The molecule has 1 aromatic carbocycles. The summed E-state index contributed by atoms with van der Waals surface area (Å²) in [4.78, 5) is 31.2. The van der Waals surface area contributed by atoms with Crippen LogP contribution >= 0.6 is 0 Å². The monoisotopic (exact) mass is 526 g/mol. The third-order valence-corrected chi connectivity index (χ3v) is 7.07. The molecule has 3 aromatic heterocycles. The molecule has 1 aliphatic heterocycles. The largest absolute Gasteiger partial charge is 0.494 e. The quantitative estimate of drug-likeness (QED) is 0.369. The van der Waals surface area contributed by atoms with Crippen LogP contribution in [0.2, 0.25) is 0 Å². The van der Waals surface area contributed by atoms with Gasteiger partial charge in [-0.3, -0.25) is 9.78 Å². The van der Waals surface area contributed by atoms with E-state index in [-0.39, 0.29) is 5.91 Å². The fourth-order valence-corrected chi connectivity index (χ4v) is 4.74. The Morgan fingerprint density at radius 2 is 1.74 bits per heavy atom. The van der Waals surface area contributed by atoms with Gasteiger partial charge >= 0.3 is 0 Å². The first-order valence-corrected chi connectivity index (χ1v) is 12.9. The number of amides is 1. The maximum Gasteiger partial charge on any atom is 0.257 e. The number of methoxy groups -OCH3 is 1. The van der Waals surface area contributed by atoms with Crippen molar-refractivity contribution in [2.24, 2.45) is 7.05 Å². The lowest BCUT2D eigenvalue weighted by atomic mass is 10.2. The number of ether oxygens (including phenoxy) is 1. The normalized spacial score (nSPS) is 13.8. The van der Waals surface area contributed by atoms with E-state index in [0.29, 0.717) is 17.2 Å². The van der Waals surface area contributed by atoms with E-state index in [4.69, 9.17) is 9.72 Å². The van der Waals surface area contributed by atoms with Gasteiger partial charge in [-0.15, -0.1) is 0 Å². The summed E-state index contributed by atoms with van der Waals surface area (Å²) in [5.41, 5.74) is 6.40. The molecule has 0 unspecified atom stereocenters. The second-order valence-corrected chi connectivity index (χ2v) is 9.83. The number of pyridine rings is 1. The molecule has 4 aromatic rings. The lowest BCUT2D eigenvalue weighted by Gasteiger charge is -2.34. The maximum atomic E-state index is 13.0. The summed E-state index contributed by atoms with van der Waals surface area (Å²) < 4.78 is 7.58. The summed E-state index contributed by atoms with van der Waals surface area (Å²) >= 11 is 0. The minimum atomic E-state index is -0.200. The number of hydrogen-bond acceptors (Lipinski definition) is 8. The van der Waals surface area contributed by atoms with Gasteiger partial charge in [-0.25, -0.2) is 9.97 Å². The van der Waals surface area contributed by atoms with E-state index in [1.807, 2.05) is 55.8 Å². The van der Waals surface area contributed by atoms with E-state index in [1.54, 1.807) is 25.7 Å². The van der Waals surface area contributed by atoms with Crippen LogP contribution in [0, 0.1) is 13.8 Å². The highest BCUT2D eigenvalue weighted by Crippen LogP contribution is 2.32. The zero-order valence-corrected chi connectivity index (χ0v) is 23.0. The molecule has 1 fully saturated rings. The van der Waals surface area contributed by atoms with Crippen LogP contribution in [0.1, 0.15) is 21.6 Å². The molecule has 39 heavy (non-hydrogen) atoms. The highest BCUT2D eigenvalue weighted by molar-refractivity contribution is 6.05. The van der Waals surface area contributed by atoms with E-state index in [0.717, 1.165) is 65.9 Å². The zero-order chi connectivity index (χ0) is 27.5.